The van der Waals surface area contributed by atoms with Crippen molar-refractivity contribution in [1.82, 2.24) is 20.2 Å². The van der Waals surface area contributed by atoms with E-state index in [0.29, 0.717) is 12.1 Å². The number of carbonyl (C=O) groups is 1. The van der Waals surface area contributed by atoms with Crippen molar-refractivity contribution in [2.45, 2.75) is 12.6 Å². The highest BCUT2D eigenvalue weighted by molar-refractivity contribution is 5.93. The molecule has 1 fully saturated rings. The van der Waals surface area contributed by atoms with E-state index in [4.69, 9.17) is 5.84 Å². The summed E-state index contributed by atoms with van der Waals surface area (Å²) in [7, 11) is 2.07. The number of carbonyl (C=O) groups excluding carboxylic acids is 1. The summed E-state index contributed by atoms with van der Waals surface area (Å²) < 4.78 is 13.6. The number of nitrogens with two attached hydrogens (primary N) is 1. The molecule has 1 aromatic heterocycles. The minimum Gasteiger partial charge on any atom is -0.303 e. The number of likely N-dealkylation sites (N-methyl/N-ethyl adjacent to an activating group) is 1. The minimum atomic E-state index is -0.365. The van der Waals surface area contributed by atoms with E-state index in [1.807, 2.05) is 12.1 Å². The van der Waals surface area contributed by atoms with Gasteiger partial charge in [0.05, 0.1) is 11.3 Å². The lowest BCUT2D eigenvalue weighted by Crippen LogP contribution is -2.46. The lowest BCUT2D eigenvalue weighted by molar-refractivity contribution is 0.0821. The Labute approximate surface area is 146 Å². The van der Waals surface area contributed by atoms with Gasteiger partial charge in [0.15, 0.2) is 0 Å². The number of pyridine rings is 1. The quantitative estimate of drug-likeness (QED) is 0.497. The van der Waals surface area contributed by atoms with E-state index in [1.54, 1.807) is 18.2 Å². The summed E-state index contributed by atoms with van der Waals surface area (Å²) >= 11 is 0. The van der Waals surface area contributed by atoms with Gasteiger partial charge >= 0.3 is 0 Å². The molecule has 1 saturated heterocycles. The molecule has 1 unspecified atom stereocenters. The zero-order valence-corrected chi connectivity index (χ0v) is 14.2. The van der Waals surface area contributed by atoms with Crippen molar-refractivity contribution in [3.05, 3.63) is 65.2 Å². The van der Waals surface area contributed by atoms with Crippen LogP contribution < -0.4 is 11.3 Å². The SMILES string of the molecule is CN1CCN(Cc2ccc(C(=O)NN)cn2)C(c2cccc(F)c2)C1. The topological polar surface area (TPSA) is 74.5 Å². The summed E-state index contributed by atoms with van der Waals surface area (Å²) in [6.45, 7) is 3.28. The number of nitrogens with zero attached hydrogens (tertiary/aromatic N) is 3. The van der Waals surface area contributed by atoms with Crippen molar-refractivity contribution in [2.75, 3.05) is 26.7 Å². The van der Waals surface area contributed by atoms with E-state index in [2.05, 4.69) is 27.3 Å². The van der Waals surface area contributed by atoms with Crippen LogP contribution in [-0.2, 0) is 6.54 Å². The summed E-state index contributed by atoms with van der Waals surface area (Å²) in [5.41, 5.74) is 4.34. The van der Waals surface area contributed by atoms with Gasteiger partial charge < -0.3 is 4.90 Å². The highest BCUT2D eigenvalue weighted by Crippen LogP contribution is 2.26. The third kappa shape index (κ3) is 4.19. The zero-order valence-electron chi connectivity index (χ0n) is 14.2. The van der Waals surface area contributed by atoms with Gasteiger partial charge in [-0.3, -0.25) is 20.1 Å². The van der Waals surface area contributed by atoms with E-state index in [1.165, 1.54) is 12.3 Å². The van der Waals surface area contributed by atoms with Gasteiger partial charge in [-0.25, -0.2) is 10.2 Å². The van der Waals surface area contributed by atoms with Crippen molar-refractivity contribution >= 4 is 5.91 Å². The molecule has 1 atom stereocenters. The van der Waals surface area contributed by atoms with Gasteiger partial charge in [0.2, 0.25) is 0 Å². The fourth-order valence-electron chi connectivity index (χ4n) is 3.12. The number of nitrogen functional groups attached to an aromatic ring is 1. The molecule has 2 heterocycles. The molecule has 132 valence electrons. The number of nitrogens with one attached hydrogen (secondary N) is 1. The molecule has 1 aromatic carbocycles. The predicted molar refractivity (Wildman–Crippen MR) is 92.9 cm³/mol. The van der Waals surface area contributed by atoms with Crippen LogP contribution >= 0.6 is 0 Å². The molecule has 1 amide bonds. The Hall–Kier alpha value is -2.35. The third-order valence-electron chi connectivity index (χ3n) is 4.51. The number of rotatable bonds is 4. The second kappa shape index (κ2) is 7.69. The number of halogens is 1. The van der Waals surface area contributed by atoms with Crippen molar-refractivity contribution in [2.24, 2.45) is 5.84 Å². The predicted octanol–water partition coefficient (Wildman–Crippen LogP) is 1.31. The molecule has 0 bridgehead atoms. The van der Waals surface area contributed by atoms with Crippen molar-refractivity contribution < 1.29 is 9.18 Å². The zero-order chi connectivity index (χ0) is 17.8. The number of hydrazine groups is 1. The summed E-state index contributed by atoms with van der Waals surface area (Å²) in [5.74, 6) is 4.54. The van der Waals surface area contributed by atoms with E-state index < -0.39 is 0 Å². The second-order valence-corrected chi connectivity index (χ2v) is 6.32. The molecular formula is C18H22FN5O. The lowest BCUT2D eigenvalue weighted by atomic mass is 10.0. The summed E-state index contributed by atoms with van der Waals surface area (Å²) in [6.07, 6.45) is 1.52. The van der Waals surface area contributed by atoms with E-state index in [9.17, 15) is 9.18 Å². The first kappa shape index (κ1) is 17.5. The van der Waals surface area contributed by atoms with Crippen LogP contribution in [0.15, 0.2) is 42.6 Å². The van der Waals surface area contributed by atoms with Gasteiger partial charge in [-0.15, -0.1) is 0 Å². The lowest BCUT2D eigenvalue weighted by Gasteiger charge is -2.40. The molecule has 0 saturated carbocycles. The first-order valence-corrected chi connectivity index (χ1v) is 8.21. The monoisotopic (exact) mass is 343 g/mol. The Bertz CT molecular complexity index is 737. The molecular weight excluding hydrogens is 321 g/mol. The van der Waals surface area contributed by atoms with E-state index >= 15 is 0 Å². The van der Waals surface area contributed by atoms with Crippen LogP contribution in [-0.4, -0.2) is 47.4 Å². The van der Waals surface area contributed by atoms with Crippen molar-refractivity contribution in [1.29, 1.82) is 0 Å². The fourth-order valence-corrected chi connectivity index (χ4v) is 3.12. The maximum absolute atomic E-state index is 13.6. The molecule has 6 nitrogen and oxygen atoms in total. The number of amides is 1. The van der Waals surface area contributed by atoms with Crippen LogP contribution in [0.3, 0.4) is 0 Å². The summed E-state index contributed by atoms with van der Waals surface area (Å²) in [6, 6.07) is 10.4. The maximum Gasteiger partial charge on any atom is 0.266 e. The normalized spacial score (nSPS) is 18.9. The van der Waals surface area contributed by atoms with Crippen LogP contribution in [0.25, 0.3) is 0 Å². The maximum atomic E-state index is 13.6. The van der Waals surface area contributed by atoms with Gasteiger partial charge in [-0.05, 0) is 36.9 Å². The Balaban J connectivity index is 1.78. The van der Waals surface area contributed by atoms with Crippen molar-refractivity contribution in [3.8, 4) is 0 Å². The Morgan fingerprint density at radius 1 is 1.36 bits per heavy atom. The van der Waals surface area contributed by atoms with E-state index in [-0.39, 0.29) is 17.8 Å². The van der Waals surface area contributed by atoms with Crippen LogP contribution in [0.5, 0.6) is 0 Å². The van der Waals surface area contributed by atoms with Gasteiger partial charge in [-0.1, -0.05) is 12.1 Å². The van der Waals surface area contributed by atoms with Gasteiger partial charge in [-0.2, -0.15) is 0 Å². The molecule has 1 aliphatic heterocycles. The van der Waals surface area contributed by atoms with Crippen LogP contribution in [0.4, 0.5) is 4.39 Å². The summed E-state index contributed by atoms with van der Waals surface area (Å²) in [5, 5.41) is 0. The Morgan fingerprint density at radius 3 is 2.88 bits per heavy atom. The summed E-state index contributed by atoms with van der Waals surface area (Å²) in [4.78, 5) is 20.4. The van der Waals surface area contributed by atoms with E-state index in [0.717, 1.165) is 30.9 Å². The van der Waals surface area contributed by atoms with Crippen LogP contribution in [0.1, 0.15) is 27.7 Å². The smallest absolute Gasteiger partial charge is 0.266 e. The average molecular weight is 343 g/mol. The fraction of sp³-hybridized carbons (Fsp3) is 0.333. The van der Waals surface area contributed by atoms with Gasteiger partial charge in [0, 0.05) is 38.4 Å². The Kier molecular flexibility index (Phi) is 5.37. The first-order valence-electron chi connectivity index (χ1n) is 8.21. The molecule has 7 heteroatoms. The van der Waals surface area contributed by atoms with Gasteiger partial charge in [0.1, 0.15) is 5.82 Å². The molecule has 0 spiro atoms. The average Bonchev–Trinajstić information content (AvgIpc) is 2.63. The first-order chi connectivity index (χ1) is 12.1. The van der Waals surface area contributed by atoms with Crippen LogP contribution in [0.2, 0.25) is 0 Å². The molecule has 0 radical (unpaired) electrons. The number of hydrogen-bond donors (Lipinski definition) is 2. The standard InChI is InChI=1S/C18H22FN5O/c1-23-7-8-24(17(12-23)13-3-2-4-15(19)9-13)11-16-6-5-14(10-21-16)18(25)22-20/h2-6,9-10,17H,7-8,11-12,20H2,1H3,(H,22,25). The second-order valence-electron chi connectivity index (χ2n) is 6.32. The molecule has 2 aromatic rings. The van der Waals surface area contributed by atoms with Crippen molar-refractivity contribution in [3.63, 3.8) is 0 Å². The molecule has 3 N–H and O–H groups in total. The molecule has 25 heavy (non-hydrogen) atoms. The van der Waals surface area contributed by atoms with Gasteiger partial charge in [0.25, 0.3) is 5.91 Å². The number of piperazine rings is 1. The molecule has 1 aliphatic rings. The number of aromatic nitrogens is 1. The number of benzene rings is 1. The Morgan fingerprint density at radius 2 is 2.20 bits per heavy atom. The molecule has 3 rings (SSSR count). The number of hydrogen-bond acceptors (Lipinski definition) is 5. The highest BCUT2D eigenvalue weighted by Gasteiger charge is 2.27. The van der Waals surface area contributed by atoms with Crippen LogP contribution in [0, 0.1) is 5.82 Å². The molecule has 0 aliphatic carbocycles. The minimum absolute atomic E-state index is 0.100. The largest absolute Gasteiger partial charge is 0.303 e. The highest BCUT2D eigenvalue weighted by atomic mass is 19.1. The third-order valence-corrected chi connectivity index (χ3v) is 4.51.